The summed E-state index contributed by atoms with van der Waals surface area (Å²) in [5, 5.41) is 3.63. The maximum absolute atomic E-state index is 5.34. The Bertz CT molecular complexity index is 277. The van der Waals surface area contributed by atoms with E-state index in [1.165, 1.54) is 19.3 Å². The van der Waals surface area contributed by atoms with Gasteiger partial charge in [0.1, 0.15) is 5.76 Å². The first-order valence-electron chi connectivity index (χ1n) is 6.02. The molecule has 1 saturated carbocycles. The van der Waals surface area contributed by atoms with E-state index in [9.17, 15) is 0 Å². The average molecular weight is 207 g/mol. The van der Waals surface area contributed by atoms with Gasteiger partial charge in [-0.1, -0.05) is 12.8 Å². The van der Waals surface area contributed by atoms with Crippen LogP contribution in [0.5, 0.6) is 0 Å². The molecule has 1 aromatic rings. The first-order chi connectivity index (χ1) is 7.24. The van der Waals surface area contributed by atoms with Crippen LogP contribution in [0.15, 0.2) is 22.8 Å². The molecule has 0 radical (unpaired) electrons. The molecule has 0 spiro atoms. The summed E-state index contributed by atoms with van der Waals surface area (Å²) in [5.74, 6) is 2.08. The summed E-state index contributed by atoms with van der Waals surface area (Å²) in [4.78, 5) is 0. The first kappa shape index (κ1) is 10.7. The number of nitrogens with one attached hydrogen (secondary N) is 1. The van der Waals surface area contributed by atoms with E-state index in [0.29, 0.717) is 12.1 Å². The van der Waals surface area contributed by atoms with Crippen molar-refractivity contribution in [2.75, 3.05) is 0 Å². The molecule has 0 bridgehead atoms. The minimum absolute atomic E-state index is 0.505. The second kappa shape index (κ2) is 4.84. The van der Waals surface area contributed by atoms with Gasteiger partial charge in [-0.3, -0.25) is 0 Å². The molecule has 1 aromatic heterocycles. The Hall–Kier alpha value is -0.760. The van der Waals surface area contributed by atoms with Crippen LogP contribution in [0.1, 0.15) is 38.9 Å². The van der Waals surface area contributed by atoms with E-state index in [2.05, 4.69) is 19.2 Å². The summed E-state index contributed by atoms with van der Waals surface area (Å²) in [6.07, 6.45) is 6.96. The first-order valence-corrected chi connectivity index (χ1v) is 6.02. The van der Waals surface area contributed by atoms with Crippen LogP contribution in [0.2, 0.25) is 0 Å². The smallest absolute Gasteiger partial charge is 0.105 e. The Kier molecular flexibility index (Phi) is 3.47. The molecule has 2 nitrogen and oxygen atoms in total. The second-order valence-corrected chi connectivity index (χ2v) is 4.93. The van der Waals surface area contributed by atoms with E-state index in [1.54, 1.807) is 6.26 Å². The maximum Gasteiger partial charge on any atom is 0.105 e. The van der Waals surface area contributed by atoms with Gasteiger partial charge in [0.2, 0.25) is 0 Å². The molecule has 2 atom stereocenters. The molecule has 2 heteroatoms. The van der Waals surface area contributed by atoms with Crippen molar-refractivity contribution in [3.63, 3.8) is 0 Å². The number of rotatable bonds is 6. The van der Waals surface area contributed by atoms with Crippen molar-refractivity contribution in [3.8, 4) is 0 Å². The fraction of sp³-hybridized carbons (Fsp3) is 0.692. The zero-order valence-corrected chi connectivity index (χ0v) is 9.70. The van der Waals surface area contributed by atoms with Crippen LogP contribution in [-0.2, 0) is 6.42 Å². The zero-order chi connectivity index (χ0) is 10.7. The quantitative estimate of drug-likeness (QED) is 0.775. The third-order valence-corrected chi connectivity index (χ3v) is 3.04. The summed E-state index contributed by atoms with van der Waals surface area (Å²) in [5.41, 5.74) is 0. The number of furan rings is 1. The van der Waals surface area contributed by atoms with Gasteiger partial charge in [-0.05, 0) is 38.3 Å². The van der Waals surface area contributed by atoms with Crippen LogP contribution in [0, 0.1) is 5.92 Å². The third kappa shape index (κ3) is 3.71. The van der Waals surface area contributed by atoms with Crippen molar-refractivity contribution < 1.29 is 4.42 Å². The molecule has 15 heavy (non-hydrogen) atoms. The number of hydrogen-bond acceptors (Lipinski definition) is 2. The summed E-state index contributed by atoms with van der Waals surface area (Å²) in [6, 6.07) is 5.15. The molecule has 0 aliphatic heterocycles. The average Bonchev–Trinajstić information content (AvgIpc) is 2.80. The molecule has 1 aliphatic carbocycles. The van der Waals surface area contributed by atoms with Crippen LogP contribution in [0.25, 0.3) is 0 Å². The van der Waals surface area contributed by atoms with Crippen molar-refractivity contribution in [1.29, 1.82) is 0 Å². The van der Waals surface area contributed by atoms with Crippen LogP contribution < -0.4 is 5.32 Å². The molecule has 0 saturated heterocycles. The fourth-order valence-electron chi connectivity index (χ4n) is 2.20. The van der Waals surface area contributed by atoms with Crippen LogP contribution >= 0.6 is 0 Å². The fourth-order valence-corrected chi connectivity index (χ4v) is 2.20. The predicted octanol–water partition coefficient (Wildman–Crippen LogP) is 2.99. The van der Waals surface area contributed by atoms with Crippen molar-refractivity contribution in [1.82, 2.24) is 5.32 Å². The van der Waals surface area contributed by atoms with Gasteiger partial charge in [0.25, 0.3) is 0 Å². The molecule has 1 aliphatic rings. The molecular formula is C13H21NO. The summed E-state index contributed by atoms with van der Waals surface area (Å²) < 4.78 is 5.34. The highest BCUT2D eigenvalue weighted by molar-refractivity contribution is 5.00. The van der Waals surface area contributed by atoms with Crippen LogP contribution in [0.3, 0.4) is 0 Å². The molecule has 0 aromatic carbocycles. The molecular weight excluding hydrogens is 186 g/mol. The molecule has 1 heterocycles. The molecule has 2 unspecified atom stereocenters. The highest BCUT2D eigenvalue weighted by Crippen LogP contribution is 2.33. The van der Waals surface area contributed by atoms with E-state index in [-0.39, 0.29) is 0 Å². The van der Waals surface area contributed by atoms with Gasteiger partial charge >= 0.3 is 0 Å². The Morgan fingerprint density at radius 1 is 1.40 bits per heavy atom. The van der Waals surface area contributed by atoms with Crippen molar-refractivity contribution in [3.05, 3.63) is 24.2 Å². The standard InChI is InChI=1S/C13H21NO/c1-10(8-12-5-6-12)14-11(2)9-13-4-3-7-15-13/h3-4,7,10-12,14H,5-6,8-9H2,1-2H3. The van der Waals surface area contributed by atoms with Gasteiger partial charge in [-0.25, -0.2) is 0 Å². The molecule has 1 N–H and O–H groups in total. The highest BCUT2D eigenvalue weighted by atomic mass is 16.3. The lowest BCUT2D eigenvalue weighted by atomic mass is 10.1. The zero-order valence-electron chi connectivity index (χ0n) is 9.70. The minimum Gasteiger partial charge on any atom is -0.469 e. The van der Waals surface area contributed by atoms with E-state index in [1.807, 2.05) is 12.1 Å². The SMILES string of the molecule is CC(Cc1ccco1)NC(C)CC1CC1. The van der Waals surface area contributed by atoms with Gasteiger partial charge in [0.05, 0.1) is 6.26 Å². The largest absolute Gasteiger partial charge is 0.469 e. The summed E-state index contributed by atoms with van der Waals surface area (Å²) in [6.45, 7) is 4.52. The van der Waals surface area contributed by atoms with E-state index >= 15 is 0 Å². The van der Waals surface area contributed by atoms with E-state index in [0.717, 1.165) is 18.1 Å². The van der Waals surface area contributed by atoms with Crippen molar-refractivity contribution >= 4 is 0 Å². The molecule has 0 amide bonds. The maximum atomic E-state index is 5.34. The lowest BCUT2D eigenvalue weighted by Crippen LogP contribution is -2.36. The normalized spacial score (nSPS) is 20.1. The Labute approximate surface area is 92.1 Å². The topological polar surface area (TPSA) is 25.2 Å². The Morgan fingerprint density at radius 3 is 2.80 bits per heavy atom. The van der Waals surface area contributed by atoms with Gasteiger partial charge in [-0.2, -0.15) is 0 Å². The number of hydrogen-bond donors (Lipinski definition) is 1. The predicted molar refractivity (Wildman–Crippen MR) is 61.8 cm³/mol. The second-order valence-electron chi connectivity index (χ2n) is 4.93. The summed E-state index contributed by atoms with van der Waals surface area (Å²) >= 11 is 0. The van der Waals surface area contributed by atoms with Crippen LogP contribution in [0.4, 0.5) is 0 Å². The van der Waals surface area contributed by atoms with Crippen molar-refractivity contribution in [2.24, 2.45) is 5.92 Å². The molecule has 2 rings (SSSR count). The summed E-state index contributed by atoms with van der Waals surface area (Å²) in [7, 11) is 0. The van der Waals surface area contributed by atoms with E-state index < -0.39 is 0 Å². The van der Waals surface area contributed by atoms with Gasteiger partial charge < -0.3 is 9.73 Å². The Morgan fingerprint density at radius 2 is 2.20 bits per heavy atom. The van der Waals surface area contributed by atoms with Gasteiger partial charge in [-0.15, -0.1) is 0 Å². The Balaban J connectivity index is 1.68. The minimum atomic E-state index is 0.505. The van der Waals surface area contributed by atoms with Gasteiger partial charge in [0.15, 0.2) is 0 Å². The highest BCUT2D eigenvalue weighted by Gasteiger charge is 2.23. The van der Waals surface area contributed by atoms with Gasteiger partial charge in [0, 0.05) is 18.5 Å². The molecule has 1 fully saturated rings. The van der Waals surface area contributed by atoms with Crippen LogP contribution in [-0.4, -0.2) is 12.1 Å². The lowest BCUT2D eigenvalue weighted by molar-refractivity contribution is 0.402. The molecule has 84 valence electrons. The third-order valence-electron chi connectivity index (χ3n) is 3.04. The monoisotopic (exact) mass is 207 g/mol. The lowest BCUT2D eigenvalue weighted by Gasteiger charge is -2.19. The van der Waals surface area contributed by atoms with E-state index in [4.69, 9.17) is 4.42 Å². The van der Waals surface area contributed by atoms with Crippen molar-refractivity contribution in [2.45, 2.75) is 51.6 Å².